The van der Waals surface area contributed by atoms with E-state index in [4.69, 9.17) is 9.47 Å². The summed E-state index contributed by atoms with van der Waals surface area (Å²) in [5, 5.41) is 2.65. The van der Waals surface area contributed by atoms with Crippen LogP contribution in [0.2, 0.25) is 0 Å². The Kier molecular flexibility index (Phi) is 14.3. The van der Waals surface area contributed by atoms with Crippen LogP contribution in [0, 0.1) is 18.8 Å². The molecule has 0 saturated carbocycles. The molecule has 3 heteroatoms. The Bertz CT molecular complexity index is 2240. The van der Waals surface area contributed by atoms with Crippen LogP contribution in [-0.2, 0) is 6.54 Å². The van der Waals surface area contributed by atoms with Gasteiger partial charge < -0.3 is 14.0 Å². The van der Waals surface area contributed by atoms with Crippen molar-refractivity contribution in [2.45, 2.75) is 99.5 Å². The minimum atomic E-state index is 0.562. The highest BCUT2D eigenvalue weighted by Crippen LogP contribution is 2.37. The largest absolute Gasteiger partial charge is 0.496 e. The Morgan fingerprint density at radius 2 is 1.12 bits per heavy atom. The molecule has 0 aliphatic carbocycles. The summed E-state index contributed by atoms with van der Waals surface area (Å²) in [6.07, 6.45) is 18.3. The van der Waals surface area contributed by atoms with Crippen LogP contribution in [0.3, 0.4) is 0 Å². The summed E-state index contributed by atoms with van der Waals surface area (Å²) in [6, 6.07) is 36.2. The smallest absolute Gasteiger partial charge is 0.127 e. The van der Waals surface area contributed by atoms with Crippen molar-refractivity contribution in [1.29, 1.82) is 0 Å². The van der Waals surface area contributed by atoms with Gasteiger partial charge >= 0.3 is 0 Å². The highest BCUT2D eigenvalue weighted by atomic mass is 16.5. The number of ether oxygens (including phenoxy) is 2. The standard InChI is InChI=1S/C53H63NO2/c1-8-13-16-39(11-4)36-54-50-30-28-44(42-23-18-38(6)19-24-42)32-48(50)49-33-45(29-31-51(49)54)43-25-20-41(21-26-43)22-27-47-35-53(46(15-10-3)34-52(47)55-7)56-37-40(12-5)17-14-9-2/h10,15,18-35,39-40H,8-9,11-14,16-17,36-37H2,1-7H3/b15-10+,27-22+. The van der Waals surface area contributed by atoms with Gasteiger partial charge in [-0.05, 0) is 103 Å². The molecule has 0 N–H and O–H groups in total. The Hall–Kier alpha value is -5.02. The molecule has 0 bridgehead atoms. The lowest BCUT2D eigenvalue weighted by Crippen LogP contribution is -2.12. The quantitative estimate of drug-likeness (QED) is 0.0771. The topological polar surface area (TPSA) is 23.4 Å². The summed E-state index contributed by atoms with van der Waals surface area (Å²) in [6.45, 7) is 15.1. The maximum atomic E-state index is 6.49. The summed E-state index contributed by atoms with van der Waals surface area (Å²) in [7, 11) is 1.74. The number of benzene rings is 5. The molecular weight excluding hydrogens is 683 g/mol. The van der Waals surface area contributed by atoms with Gasteiger partial charge in [0, 0.05) is 39.5 Å². The average molecular weight is 746 g/mol. The number of methoxy groups -OCH3 is 1. The van der Waals surface area contributed by atoms with Gasteiger partial charge in [0.25, 0.3) is 0 Å². The van der Waals surface area contributed by atoms with Crippen molar-refractivity contribution in [3.05, 3.63) is 125 Å². The lowest BCUT2D eigenvalue weighted by atomic mass is 9.99. The molecule has 2 atom stereocenters. The molecule has 1 heterocycles. The van der Waals surface area contributed by atoms with Crippen molar-refractivity contribution in [3.63, 3.8) is 0 Å². The Morgan fingerprint density at radius 1 is 0.589 bits per heavy atom. The molecule has 2 unspecified atom stereocenters. The molecule has 3 nitrogen and oxygen atoms in total. The fourth-order valence-corrected chi connectivity index (χ4v) is 7.99. The first-order valence-corrected chi connectivity index (χ1v) is 21.3. The van der Waals surface area contributed by atoms with Gasteiger partial charge in [-0.2, -0.15) is 0 Å². The Labute approximate surface area is 337 Å². The molecule has 0 aliphatic heterocycles. The number of aromatic nitrogens is 1. The number of hydrogen-bond acceptors (Lipinski definition) is 2. The number of rotatable bonds is 19. The minimum Gasteiger partial charge on any atom is -0.496 e. The number of unbranched alkanes of at least 4 members (excludes halogenated alkanes) is 2. The molecule has 6 rings (SSSR count). The van der Waals surface area contributed by atoms with Crippen molar-refractivity contribution < 1.29 is 9.47 Å². The van der Waals surface area contributed by atoms with Crippen LogP contribution in [0.5, 0.6) is 11.5 Å². The second-order valence-corrected chi connectivity index (χ2v) is 15.7. The molecule has 5 aromatic carbocycles. The second-order valence-electron chi connectivity index (χ2n) is 15.7. The van der Waals surface area contributed by atoms with Crippen molar-refractivity contribution in [3.8, 4) is 33.8 Å². The molecule has 0 saturated heterocycles. The van der Waals surface area contributed by atoms with Gasteiger partial charge in [-0.15, -0.1) is 0 Å². The van der Waals surface area contributed by atoms with Gasteiger partial charge in [-0.25, -0.2) is 0 Å². The van der Waals surface area contributed by atoms with Gasteiger partial charge in [0.2, 0.25) is 0 Å². The van der Waals surface area contributed by atoms with Crippen LogP contribution in [0.25, 0.3) is 62.3 Å². The number of fused-ring (bicyclic) bond motifs is 3. The summed E-state index contributed by atoms with van der Waals surface area (Å²) >= 11 is 0. The highest BCUT2D eigenvalue weighted by Gasteiger charge is 2.17. The molecule has 0 amide bonds. The van der Waals surface area contributed by atoms with Crippen LogP contribution in [0.1, 0.15) is 108 Å². The van der Waals surface area contributed by atoms with E-state index in [1.165, 1.54) is 94.6 Å². The van der Waals surface area contributed by atoms with Gasteiger partial charge in [0.05, 0.1) is 13.7 Å². The lowest BCUT2D eigenvalue weighted by molar-refractivity contribution is 0.232. The third-order valence-corrected chi connectivity index (χ3v) is 11.7. The van der Waals surface area contributed by atoms with E-state index in [-0.39, 0.29) is 0 Å². The number of aryl methyl sites for hydroxylation is 1. The average Bonchev–Trinajstić information content (AvgIpc) is 3.54. The monoisotopic (exact) mass is 745 g/mol. The summed E-state index contributed by atoms with van der Waals surface area (Å²) in [4.78, 5) is 0. The van der Waals surface area contributed by atoms with Crippen LogP contribution in [0.4, 0.5) is 0 Å². The van der Waals surface area contributed by atoms with E-state index in [0.717, 1.165) is 47.8 Å². The maximum Gasteiger partial charge on any atom is 0.127 e. The lowest BCUT2D eigenvalue weighted by Gasteiger charge is -2.18. The molecule has 0 fully saturated rings. The number of nitrogens with zero attached hydrogens (tertiary/aromatic N) is 1. The fraction of sp³-hybridized carbons (Fsp3) is 0.358. The zero-order valence-corrected chi connectivity index (χ0v) is 35.0. The molecule has 6 aromatic rings. The van der Waals surface area contributed by atoms with E-state index in [2.05, 4.69) is 161 Å². The van der Waals surface area contributed by atoms with Crippen LogP contribution >= 0.6 is 0 Å². The molecule has 1 aromatic heterocycles. The zero-order chi connectivity index (χ0) is 39.4. The van der Waals surface area contributed by atoms with Gasteiger partial charge in [0.1, 0.15) is 11.5 Å². The predicted molar refractivity (Wildman–Crippen MR) is 244 cm³/mol. The van der Waals surface area contributed by atoms with E-state index >= 15 is 0 Å². The highest BCUT2D eigenvalue weighted by molar-refractivity contribution is 6.10. The normalized spacial score (nSPS) is 13.0. The first-order valence-electron chi connectivity index (χ1n) is 21.3. The summed E-state index contributed by atoms with van der Waals surface area (Å²) in [5.74, 6) is 2.97. The van der Waals surface area contributed by atoms with E-state index in [1.54, 1.807) is 7.11 Å². The van der Waals surface area contributed by atoms with Crippen molar-refractivity contribution in [1.82, 2.24) is 4.57 Å². The van der Waals surface area contributed by atoms with Crippen LogP contribution in [0.15, 0.2) is 103 Å². The predicted octanol–water partition coefficient (Wildman–Crippen LogP) is 15.5. The molecule has 56 heavy (non-hydrogen) atoms. The van der Waals surface area contributed by atoms with Crippen molar-refractivity contribution in [2.24, 2.45) is 11.8 Å². The molecular formula is C53H63NO2. The third kappa shape index (κ3) is 9.67. The van der Waals surface area contributed by atoms with Crippen molar-refractivity contribution in [2.75, 3.05) is 13.7 Å². The third-order valence-electron chi connectivity index (χ3n) is 11.7. The first-order chi connectivity index (χ1) is 27.4. The van der Waals surface area contributed by atoms with E-state index in [0.29, 0.717) is 11.8 Å². The fourth-order valence-electron chi connectivity index (χ4n) is 7.99. The second kappa shape index (κ2) is 19.7. The number of hydrogen-bond donors (Lipinski definition) is 0. The van der Waals surface area contributed by atoms with E-state index in [9.17, 15) is 0 Å². The Morgan fingerprint density at radius 3 is 1.68 bits per heavy atom. The molecule has 0 aliphatic rings. The van der Waals surface area contributed by atoms with E-state index in [1.807, 2.05) is 6.92 Å². The summed E-state index contributed by atoms with van der Waals surface area (Å²) < 4.78 is 14.9. The molecule has 0 spiro atoms. The molecule has 0 radical (unpaired) electrons. The van der Waals surface area contributed by atoms with Gasteiger partial charge in [-0.3, -0.25) is 0 Å². The number of allylic oxidation sites excluding steroid dienone is 1. The SMILES string of the molecule is C/C=C/c1cc(OC)c(/C=C/c2ccc(-c3ccc4c(c3)c3cc(-c5ccc(C)cc5)ccc3n4CC(CC)CCCC)cc2)cc1OCC(CC)CCCC. The van der Waals surface area contributed by atoms with Crippen molar-refractivity contribution >= 4 is 40.0 Å². The van der Waals surface area contributed by atoms with E-state index < -0.39 is 0 Å². The minimum absolute atomic E-state index is 0.562. The van der Waals surface area contributed by atoms with Gasteiger partial charge in [0.15, 0.2) is 0 Å². The summed E-state index contributed by atoms with van der Waals surface area (Å²) in [5.41, 5.74) is 12.1. The zero-order valence-electron chi connectivity index (χ0n) is 35.0. The maximum absolute atomic E-state index is 6.49. The van der Waals surface area contributed by atoms with Crippen LogP contribution in [-0.4, -0.2) is 18.3 Å². The van der Waals surface area contributed by atoms with Crippen LogP contribution < -0.4 is 9.47 Å². The van der Waals surface area contributed by atoms with Gasteiger partial charge in [-0.1, -0.05) is 157 Å². The molecule has 292 valence electrons. The Balaban J connectivity index is 1.31. The first kappa shape index (κ1) is 40.6.